The summed E-state index contributed by atoms with van der Waals surface area (Å²) in [5.74, 6) is -0.613. The van der Waals surface area contributed by atoms with E-state index in [1.807, 2.05) is 0 Å². The van der Waals surface area contributed by atoms with Gasteiger partial charge in [0.2, 0.25) is 5.88 Å². The summed E-state index contributed by atoms with van der Waals surface area (Å²) >= 11 is 0. The van der Waals surface area contributed by atoms with Gasteiger partial charge in [0.05, 0.1) is 11.3 Å². The number of pyridine rings is 1. The van der Waals surface area contributed by atoms with E-state index < -0.39 is 5.97 Å². The van der Waals surface area contributed by atoms with Crippen molar-refractivity contribution in [3.8, 4) is 11.6 Å². The van der Waals surface area contributed by atoms with Crippen molar-refractivity contribution in [2.45, 2.75) is 13.8 Å². The SMILES string of the molecule is Cc1cc(F)ccc1Oc1ccc(C(=O)O)c(C)n1. The third-order valence-corrected chi connectivity index (χ3v) is 2.64. The Morgan fingerprint density at radius 1 is 1.26 bits per heavy atom. The zero-order chi connectivity index (χ0) is 14.0. The summed E-state index contributed by atoms with van der Waals surface area (Å²) in [4.78, 5) is 14.9. The molecule has 5 heteroatoms. The molecule has 98 valence electrons. The Morgan fingerprint density at radius 3 is 2.58 bits per heavy atom. The first kappa shape index (κ1) is 13.0. The van der Waals surface area contributed by atoms with Crippen LogP contribution >= 0.6 is 0 Å². The normalized spacial score (nSPS) is 10.3. The van der Waals surface area contributed by atoms with Crippen LogP contribution < -0.4 is 4.74 Å². The summed E-state index contributed by atoms with van der Waals surface area (Å²) < 4.78 is 18.5. The number of halogens is 1. The number of carboxylic acids is 1. The third kappa shape index (κ3) is 2.88. The predicted molar refractivity (Wildman–Crippen MR) is 67.1 cm³/mol. The molecule has 0 saturated carbocycles. The Hall–Kier alpha value is -2.43. The molecule has 0 spiro atoms. The van der Waals surface area contributed by atoms with Gasteiger partial charge in [-0.3, -0.25) is 0 Å². The van der Waals surface area contributed by atoms with E-state index in [9.17, 15) is 9.18 Å². The van der Waals surface area contributed by atoms with E-state index in [4.69, 9.17) is 9.84 Å². The summed E-state index contributed by atoms with van der Waals surface area (Å²) in [7, 11) is 0. The molecular formula is C14H12FNO3. The fourth-order valence-electron chi connectivity index (χ4n) is 1.66. The van der Waals surface area contributed by atoms with Crippen LogP contribution in [-0.2, 0) is 0 Å². The number of benzene rings is 1. The topological polar surface area (TPSA) is 59.4 Å². The van der Waals surface area contributed by atoms with Gasteiger partial charge in [-0.15, -0.1) is 0 Å². The van der Waals surface area contributed by atoms with Crippen LogP contribution in [-0.4, -0.2) is 16.1 Å². The second kappa shape index (κ2) is 5.06. The lowest BCUT2D eigenvalue weighted by atomic mass is 10.2. The van der Waals surface area contributed by atoms with Gasteiger partial charge in [0, 0.05) is 6.07 Å². The highest BCUT2D eigenvalue weighted by Gasteiger charge is 2.10. The Kier molecular flexibility index (Phi) is 3.46. The summed E-state index contributed by atoms with van der Waals surface area (Å²) in [5, 5.41) is 8.90. The summed E-state index contributed by atoms with van der Waals surface area (Å²) in [6.07, 6.45) is 0. The maximum absolute atomic E-state index is 13.0. The summed E-state index contributed by atoms with van der Waals surface area (Å²) in [6.45, 7) is 3.31. The highest BCUT2D eigenvalue weighted by Crippen LogP contribution is 2.24. The van der Waals surface area contributed by atoms with Crippen molar-refractivity contribution < 1.29 is 19.0 Å². The Bertz CT molecular complexity index is 641. The van der Waals surface area contributed by atoms with Crippen molar-refractivity contribution in [1.82, 2.24) is 4.98 Å². The van der Waals surface area contributed by atoms with Crippen molar-refractivity contribution in [3.05, 3.63) is 53.0 Å². The van der Waals surface area contributed by atoms with Crippen molar-refractivity contribution in [2.24, 2.45) is 0 Å². The first-order valence-corrected chi connectivity index (χ1v) is 5.62. The number of ether oxygens (including phenoxy) is 1. The molecule has 1 heterocycles. The third-order valence-electron chi connectivity index (χ3n) is 2.64. The van der Waals surface area contributed by atoms with E-state index in [1.54, 1.807) is 13.8 Å². The van der Waals surface area contributed by atoms with Gasteiger partial charge in [-0.1, -0.05) is 0 Å². The van der Waals surface area contributed by atoms with Crippen molar-refractivity contribution in [3.63, 3.8) is 0 Å². The van der Waals surface area contributed by atoms with E-state index in [0.29, 0.717) is 17.0 Å². The maximum atomic E-state index is 13.0. The first-order valence-electron chi connectivity index (χ1n) is 5.62. The second-order valence-corrected chi connectivity index (χ2v) is 4.10. The lowest BCUT2D eigenvalue weighted by Gasteiger charge is -2.09. The number of nitrogens with zero attached hydrogens (tertiary/aromatic N) is 1. The van der Waals surface area contributed by atoms with E-state index in [-0.39, 0.29) is 17.3 Å². The molecule has 0 aliphatic rings. The zero-order valence-corrected chi connectivity index (χ0v) is 10.5. The number of carboxylic acid groups (broad SMARTS) is 1. The molecule has 2 aromatic rings. The smallest absolute Gasteiger partial charge is 0.337 e. The van der Waals surface area contributed by atoms with Crippen molar-refractivity contribution in [2.75, 3.05) is 0 Å². The fraction of sp³-hybridized carbons (Fsp3) is 0.143. The van der Waals surface area contributed by atoms with E-state index in [2.05, 4.69) is 4.98 Å². The minimum atomic E-state index is -1.03. The second-order valence-electron chi connectivity index (χ2n) is 4.10. The molecule has 0 radical (unpaired) electrons. The predicted octanol–water partition coefficient (Wildman–Crippen LogP) is 3.33. The minimum Gasteiger partial charge on any atom is -0.478 e. The van der Waals surface area contributed by atoms with E-state index in [0.717, 1.165) is 0 Å². The quantitative estimate of drug-likeness (QED) is 0.920. The van der Waals surface area contributed by atoms with Crippen molar-refractivity contribution >= 4 is 5.97 Å². The molecule has 0 aliphatic heterocycles. The molecule has 19 heavy (non-hydrogen) atoms. The fourth-order valence-corrected chi connectivity index (χ4v) is 1.66. The van der Waals surface area contributed by atoms with Crippen LogP contribution in [0.2, 0.25) is 0 Å². The molecule has 1 aromatic heterocycles. The monoisotopic (exact) mass is 261 g/mol. The number of aromatic nitrogens is 1. The number of hydrogen-bond donors (Lipinski definition) is 1. The number of hydrogen-bond acceptors (Lipinski definition) is 3. The molecule has 1 N–H and O–H groups in total. The number of carbonyl (C=O) groups is 1. The molecule has 0 unspecified atom stereocenters. The van der Waals surface area contributed by atoms with Gasteiger partial charge < -0.3 is 9.84 Å². The van der Waals surface area contributed by atoms with E-state index >= 15 is 0 Å². The largest absolute Gasteiger partial charge is 0.478 e. The molecule has 0 aliphatic carbocycles. The average Bonchev–Trinajstić information content (AvgIpc) is 2.32. The van der Waals surface area contributed by atoms with E-state index in [1.165, 1.54) is 30.3 Å². The molecule has 0 atom stereocenters. The van der Waals surface area contributed by atoms with Gasteiger partial charge in [0.1, 0.15) is 11.6 Å². The Morgan fingerprint density at radius 2 is 2.00 bits per heavy atom. The molecule has 0 fully saturated rings. The lowest BCUT2D eigenvalue weighted by molar-refractivity contribution is 0.0695. The molecule has 0 amide bonds. The summed E-state index contributed by atoms with van der Waals surface area (Å²) in [6, 6.07) is 7.06. The van der Waals surface area contributed by atoms with Gasteiger partial charge in [0.15, 0.2) is 0 Å². The molecule has 0 bridgehead atoms. The van der Waals surface area contributed by atoms with Gasteiger partial charge in [-0.05, 0) is 43.7 Å². The molecular weight excluding hydrogens is 249 g/mol. The van der Waals surface area contributed by atoms with Crippen LogP contribution in [0.3, 0.4) is 0 Å². The van der Waals surface area contributed by atoms with Gasteiger partial charge in [0.25, 0.3) is 0 Å². The highest BCUT2D eigenvalue weighted by atomic mass is 19.1. The van der Waals surface area contributed by atoms with Gasteiger partial charge in [-0.25, -0.2) is 14.2 Å². The van der Waals surface area contributed by atoms with Crippen LogP contribution in [0.4, 0.5) is 4.39 Å². The Balaban J connectivity index is 2.29. The van der Waals surface area contributed by atoms with Crippen molar-refractivity contribution in [1.29, 1.82) is 0 Å². The molecule has 0 saturated heterocycles. The molecule has 2 rings (SSSR count). The number of aryl methyl sites for hydroxylation is 2. The lowest BCUT2D eigenvalue weighted by Crippen LogP contribution is -2.02. The molecule has 1 aromatic carbocycles. The van der Waals surface area contributed by atoms with Crippen LogP contribution in [0.15, 0.2) is 30.3 Å². The van der Waals surface area contributed by atoms with Gasteiger partial charge in [-0.2, -0.15) is 0 Å². The zero-order valence-electron chi connectivity index (χ0n) is 10.5. The van der Waals surface area contributed by atoms with Crippen LogP contribution in [0.25, 0.3) is 0 Å². The average molecular weight is 261 g/mol. The first-order chi connectivity index (χ1) is 8.97. The van der Waals surface area contributed by atoms with Crippen LogP contribution in [0.1, 0.15) is 21.6 Å². The maximum Gasteiger partial charge on any atom is 0.337 e. The number of aromatic carboxylic acids is 1. The summed E-state index contributed by atoms with van der Waals surface area (Å²) in [5.41, 5.74) is 1.13. The highest BCUT2D eigenvalue weighted by molar-refractivity contribution is 5.88. The number of rotatable bonds is 3. The Labute approximate surface area is 109 Å². The van der Waals surface area contributed by atoms with Crippen LogP contribution in [0.5, 0.6) is 11.6 Å². The standard InChI is InChI=1S/C14H12FNO3/c1-8-7-10(15)3-5-12(8)19-13-6-4-11(14(17)18)9(2)16-13/h3-7H,1-2H3,(H,17,18). The molecule has 4 nitrogen and oxygen atoms in total. The minimum absolute atomic E-state index is 0.128. The van der Waals surface area contributed by atoms with Crippen LogP contribution in [0, 0.1) is 19.7 Å². The van der Waals surface area contributed by atoms with Gasteiger partial charge >= 0.3 is 5.97 Å².